The molecule has 0 radical (unpaired) electrons. The van der Waals surface area contributed by atoms with Gasteiger partial charge < -0.3 is 20.0 Å². The zero-order valence-electron chi connectivity index (χ0n) is 18.7. The van der Waals surface area contributed by atoms with Crippen molar-refractivity contribution >= 4 is 23.5 Å². The van der Waals surface area contributed by atoms with Crippen molar-refractivity contribution < 1.29 is 24.7 Å². The van der Waals surface area contributed by atoms with Gasteiger partial charge in [0, 0.05) is 37.4 Å². The van der Waals surface area contributed by atoms with Crippen LogP contribution in [0, 0.1) is 17.8 Å². The number of piperidine rings is 1. The van der Waals surface area contributed by atoms with E-state index in [0.717, 1.165) is 64.3 Å². The summed E-state index contributed by atoms with van der Waals surface area (Å²) in [4.78, 5) is 28.7. The third-order valence-corrected chi connectivity index (χ3v) is 8.82. The summed E-state index contributed by atoms with van der Waals surface area (Å²) in [6.45, 7) is 3.89. The second kappa shape index (κ2) is 10.4. The molecule has 0 aromatic rings. The van der Waals surface area contributed by atoms with Crippen LogP contribution in [0.2, 0.25) is 0 Å². The van der Waals surface area contributed by atoms with Gasteiger partial charge in [0.05, 0.1) is 13.2 Å². The maximum Gasteiger partial charge on any atom is 0.323 e. The minimum atomic E-state index is -0.910. The highest BCUT2D eigenvalue weighted by atomic mass is 35.5. The molecule has 176 valence electrons. The molecule has 2 aliphatic heterocycles. The van der Waals surface area contributed by atoms with Crippen molar-refractivity contribution in [2.24, 2.45) is 17.8 Å². The first-order valence-corrected chi connectivity index (χ1v) is 12.6. The molecule has 8 heteroatoms. The lowest BCUT2D eigenvalue weighted by molar-refractivity contribution is -0.678. The lowest BCUT2D eigenvalue weighted by Crippen LogP contribution is -2.89. The smallest absolute Gasteiger partial charge is 0.323 e. The Kier molecular flexibility index (Phi) is 7.78. The molecular weight excluding hydrogens is 418 g/mol. The first-order valence-electron chi connectivity index (χ1n) is 12.2. The molecule has 2 aliphatic carbocycles. The standard InChI is InChI=1S/C23H38ClN3O4/c1-31-23(30)20-10-19-21(27(14-25-19)12-16-4-8-18(24)9-5-16)13-26(20)11-15-2-6-17(7-3-15)22(28)29/h15-21,25H,2-14H2,1H3,(H,28,29)/t15?,16?,17?,18?,19?,20-,21?/m1/s1. The van der Waals surface area contributed by atoms with E-state index in [2.05, 4.69) is 15.1 Å². The quantitative estimate of drug-likeness (QED) is 0.453. The Labute approximate surface area is 190 Å². The summed E-state index contributed by atoms with van der Waals surface area (Å²) in [6, 6.07) is 0.723. The molecule has 0 amide bonds. The molecule has 4 fully saturated rings. The number of carboxylic acid groups (broad SMARTS) is 1. The van der Waals surface area contributed by atoms with Crippen molar-refractivity contribution in [3.63, 3.8) is 0 Å². The van der Waals surface area contributed by atoms with Gasteiger partial charge in [-0.05, 0) is 69.1 Å². The van der Waals surface area contributed by atoms with Gasteiger partial charge in [-0.3, -0.25) is 9.69 Å². The van der Waals surface area contributed by atoms with E-state index >= 15 is 0 Å². The molecule has 2 unspecified atom stereocenters. The maximum atomic E-state index is 12.6. The topological polar surface area (TPSA) is 89.5 Å². The Morgan fingerprint density at radius 1 is 1.00 bits per heavy atom. The van der Waals surface area contributed by atoms with E-state index < -0.39 is 5.97 Å². The van der Waals surface area contributed by atoms with Crippen molar-refractivity contribution in [1.29, 1.82) is 0 Å². The predicted molar refractivity (Wildman–Crippen MR) is 115 cm³/mol. The van der Waals surface area contributed by atoms with Gasteiger partial charge in [0.25, 0.3) is 0 Å². The van der Waals surface area contributed by atoms with E-state index in [9.17, 15) is 14.7 Å². The number of ether oxygens (including phenoxy) is 1. The van der Waals surface area contributed by atoms with Crippen molar-refractivity contribution in [3.8, 4) is 0 Å². The van der Waals surface area contributed by atoms with E-state index in [4.69, 9.17) is 16.3 Å². The first-order chi connectivity index (χ1) is 14.9. The molecule has 7 nitrogen and oxygen atoms in total. The summed E-state index contributed by atoms with van der Waals surface area (Å²) < 4.78 is 5.16. The number of nitrogens with two attached hydrogens (primary N) is 1. The molecule has 0 bridgehead atoms. The Bertz CT molecular complexity index is 634. The van der Waals surface area contributed by atoms with Gasteiger partial charge in [0.1, 0.15) is 18.8 Å². The Morgan fingerprint density at radius 2 is 1.61 bits per heavy atom. The van der Waals surface area contributed by atoms with Crippen LogP contribution in [0.3, 0.4) is 0 Å². The molecule has 31 heavy (non-hydrogen) atoms. The van der Waals surface area contributed by atoms with Gasteiger partial charge in [0.2, 0.25) is 0 Å². The van der Waals surface area contributed by atoms with E-state index in [1.165, 1.54) is 20.0 Å². The number of alkyl halides is 1. The molecule has 2 N–H and O–H groups in total. The fourth-order valence-corrected chi connectivity index (χ4v) is 6.71. The van der Waals surface area contributed by atoms with Crippen molar-refractivity contribution in [3.05, 3.63) is 0 Å². The van der Waals surface area contributed by atoms with Crippen LogP contribution in [0.15, 0.2) is 0 Å². The van der Waals surface area contributed by atoms with Crippen LogP contribution < -0.4 is 10.4 Å². The van der Waals surface area contributed by atoms with Crippen LogP contribution in [0.4, 0.5) is 0 Å². The average Bonchev–Trinajstić information content (AvgIpc) is 3.16. The molecule has 4 aliphatic rings. The number of hydrogen-bond donors (Lipinski definition) is 1. The maximum absolute atomic E-state index is 12.6. The molecule has 4 rings (SSSR count). The normalized spacial score (nSPS) is 39.7. The number of rotatable bonds is 6. The van der Waals surface area contributed by atoms with Gasteiger partial charge in [-0.15, -0.1) is 11.6 Å². The number of hydrogen-bond acceptors (Lipinski definition) is 6. The van der Waals surface area contributed by atoms with Crippen LogP contribution in [0.25, 0.3) is 0 Å². The summed E-state index contributed by atoms with van der Waals surface area (Å²) >= 11 is 6.30. The van der Waals surface area contributed by atoms with E-state index in [1.807, 2.05) is 0 Å². The highest BCUT2D eigenvalue weighted by Gasteiger charge is 2.48. The highest BCUT2D eigenvalue weighted by Crippen LogP contribution is 2.33. The van der Waals surface area contributed by atoms with Gasteiger partial charge in [-0.25, -0.2) is 4.90 Å². The van der Waals surface area contributed by atoms with Gasteiger partial charge in [-0.1, -0.05) is 0 Å². The average molecular weight is 456 g/mol. The fourth-order valence-electron chi connectivity index (χ4n) is 6.45. The van der Waals surface area contributed by atoms with Crippen molar-refractivity contribution in [1.82, 2.24) is 9.80 Å². The Balaban J connectivity index is 1.37. The van der Waals surface area contributed by atoms with Crippen LogP contribution in [-0.4, -0.2) is 78.7 Å². The Hall–Kier alpha value is -0.890. The number of methoxy groups -OCH3 is 1. The van der Waals surface area contributed by atoms with E-state index in [-0.39, 0.29) is 17.9 Å². The molecule has 3 atom stereocenters. The number of fused-ring (bicyclic) bond motifs is 1. The van der Waals surface area contributed by atoms with Gasteiger partial charge in [0.15, 0.2) is 0 Å². The van der Waals surface area contributed by atoms with Crippen molar-refractivity contribution in [2.45, 2.75) is 81.3 Å². The summed E-state index contributed by atoms with van der Waals surface area (Å²) in [6.07, 6.45) is 8.71. The number of nitrogens with zero attached hydrogens (tertiary/aromatic N) is 2. The molecule has 2 heterocycles. The second-order valence-electron chi connectivity index (χ2n) is 10.3. The van der Waals surface area contributed by atoms with Crippen LogP contribution in [-0.2, 0) is 14.3 Å². The predicted octanol–water partition coefficient (Wildman–Crippen LogP) is 0.161. The number of likely N-dealkylation sites (tertiary alicyclic amines) is 1. The van der Waals surface area contributed by atoms with Crippen LogP contribution in [0.1, 0.15) is 57.8 Å². The van der Waals surface area contributed by atoms with Gasteiger partial charge >= 0.3 is 5.97 Å². The third kappa shape index (κ3) is 5.55. The third-order valence-electron chi connectivity index (χ3n) is 8.38. The number of carbonyl (C=O) groups excluding carboxylic acids is 2. The van der Waals surface area contributed by atoms with Crippen LogP contribution >= 0.6 is 11.6 Å². The van der Waals surface area contributed by atoms with E-state index in [1.54, 1.807) is 0 Å². The number of halogens is 1. The summed E-state index contributed by atoms with van der Waals surface area (Å²) in [5, 5.41) is 13.9. The SMILES string of the molecule is COC(=O)[C@H]1CC2[NH2+]CN(CC3CCC(Cl)CC3)C2CN1CC1CCC(C(=O)[O-])CC1. The number of carboxylic acids is 1. The molecule has 2 saturated carbocycles. The molecular formula is C23H38ClN3O4. The summed E-state index contributed by atoms with van der Waals surface area (Å²) in [7, 11) is 1.48. The lowest BCUT2D eigenvalue weighted by Gasteiger charge is -2.43. The number of quaternary nitrogens is 1. The monoisotopic (exact) mass is 455 g/mol. The molecule has 0 aromatic heterocycles. The highest BCUT2D eigenvalue weighted by molar-refractivity contribution is 6.20. The number of aliphatic carboxylic acids is 1. The van der Waals surface area contributed by atoms with Gasteiger partial charge in [-0.2, -0.15) is 0 Å². The minimum absolute atomic E-state index is 0.130. The zero-order valence-corrected chi connectivity index (χ0v) is 19.5. The summed E-state index contributed by atoms with van der Waals surface area (Å²) in [5.74, 6) is -0.173. The van der Waals surface area contributed by atoms with E-state index in [0.29, 0.717) is 36.2 Å². The molecule has 2 saturated heterocycles. The molecule has 0 aromatic carbocycles. The minimum Gasteiger partial charge on any atom is -0.550 e. The fraction of sp³-hybridized carbons (Fsp3) is 0.913. The number of carbonyl (C=O) groups is 2. The lowest BCUT2D eigenvalue weighted by atomic mass is 9.81. The first kappa shape index (κ1) is 23.3. The zero-order chi connectivity index (χ0) is 22.0. The second-order valence-corrected chi connectivity index (χ2v) is 10.9. The van der Waals surface area contributed by atoms with Crippen molar-refractivity contribution in [2.75, 3.05) is 33.4 Å². The largest absolute Gasteiger partial charge is 0.550 e. The Morgan fingerprint density at radius 3 is 2.23 bits per heavy atom. The molecule has 0 spiro atoms. The number of esters is 1. The van der Waals surface area contributed by atoms with Crippen LogP contribution in [0.5, 0.6) is 0 Å². The summed E-state index contributed by atoms with van der Waals surface area (Å²) in [5.41, 5.74) is 0.